The SMILES string of the molecule is C#CCC(NCC)c1ccc(Cl)s1. The van der Waals surface area contributed by atoms with Crippen molar-refractivity contribution in [3.8, 4) is 12.3 Å². The number of thiophene rings is 1. The summed E-state index contributed by atoms with van der Waals surface area (Å²) in [5.41, 5.74) is 0. The van der Waals surface area contributed by atoms with Crippen LogP contribution in [0.25, 0.3) is 0 Å². The molecule has 0 spiro atoms. The van der Waals surface area contributed by atoms with Gasteiger partial charge in [0, 0.05) is 11.3 Å². The molecule has 0 saturated heterocycles. The lowest BCUT2D eigenvalue weighted by molar-refractivity contribution is 0.574. The Labute approximate surface area is 88.1 Å². The van der Waals surface area contributed by atoms with Crippen LogP contribution in [0.1, 0.15) is 24.3 Å². The van der Waals surface area contributed by atoms with Gasteiger partial charge in [0.05, 0.1) is 10.4 Å². The Bertz CT molecular complexity index is 300. The van der Waals surface area contributed by atoms with Gasteiger partial charge in [0.1, 0.15) is 0 Å². The van der Waals surface area contributed by atoms with Crippen molar-refractivity contribution >= 4 is 22.9 Å². The molecule has 0 fully saturated rings. The highest BCUT2D eigenvalue weighted by Gasteiger charge is 2.10. The summed E-state index contributed by atoms with van der Waals surface area (Å²) in [5, 5.41) is 3.32. The molecule has 3 heteroatoms. The van der Waals surface area contributed by atoms with Crippen molar-refractivity contribution in [1.82, 2.24) is 5.32 Å². The van der Waals surface area contributed by atoms with Gasteiger partial charge in [-0.2, -0.15) is 0 Å². The van der Waals surface area contributed by atoms with Crippen LogP contribution in [0.5, 0.6) is 0 Å². The molecule has 1 rings (SSSR count). The number of rotatable bonds is 4. The van der Waals surface area contributed by atoms with Crippen molar-refractivity contribution < 1.29 is 0 Å². The average Bonchev–Trinajstić information content (AvgIpc) is 2.51. The van der Waals surface area contributed by atoms with Crippen LogP contribution in [0.2, 0.25) is 4.34 Å². The van der Waals surface area contributed by atoms with E-state index in [0.29, 0.717) is 6.42 Å². The fourth-order valence-corrected chi connectivity index (χ4v) is 2.29. The highest BCUT2D eigenvalue weighted by molar-refractivity contribution is 7.16. The lowest BCUT2D eigenvalue weighted by atomic mass is 10.2. The highest BCUT2D eigenvalue weighted by atomic mass is 35.5. The molecule has 0 aliphatic rings. The minimum atomic E-state index is 0.257. The molecule has 0 saturated carbocycles. The Morgan fingerprint density at radius 2 is 2.46 bits per heavy atom. The summed E-state index contributed by atoms with van der Waals surface area (Å²) in [7, 11) is 0. The molecule has 0 aliphatic carbocycles. The summed E-state index contributed by atoms with van der Waals surface area (Å²) in [6.07, 6.45) is 6.00. The summed E-state index contributed by atoms with van der Waals surface area (Å²) in [6, 6.07) is 4.19. The quantitative estimate of drug-likeness (QED) is 0.759. The van der Waals surface area contributed by atoms with E-state index in [1.807, 2.05) is 12.1 Å². The summed E-state index contributed by atoms with van der Waals surface area (Å²) in [6.45, 7) is 2.99. The topological polar surface area (TPSA) is 12.0 Å². The average molecular weight is 214 g/mol. The number of hydrogen-bond donors (Lipinski definition) is 1. The van der Waals surface area contributed by atoms with Crippen molar-refractivity contribution in [2.45, 2.75) is 19.4 Å². The van der Waals surface area contributed by atoms with Gasteiger partial charge in [0.15, 0.2) is 0 Å². The van der Waals surface area contributed by atoms with Crippen molar-refractivity contribution in [3.63, 3.8) is 0 Å². The van der Waals surface area contributed by atoms with Gasteiger partial charge in [-0.1, -0.05) is 18.5 Å². The Balaban J connectivity index is 2.70. The lowest BCUT2D eigenvalue weighted by Gasteiger charge is -2.12. The molecule has 0 bridgehead atoms. The number of hydrogen-bond acceptors (Lipinski definition) is 2. The van der Waals surface area contributed by atoms with Crippen LogP contribution >= 0.6 is 22.9 Å². The molecule has 1 aromatic rings. The molecule has 0 aromatic carbocycles. The molecular weight excluding hydrogens is 202 g/mol. The Morgan fingerprint density at radius 1 is 1.69 bits per heavy atom. The molecule has 0 radical (unpaired) electrons. The zero-order valence-electron chi connectivity index (χ0n) is 7.51. The Kier molecular flexibility index (Phi) is 4.31. The first-order valence-electron chi connectivity index (χ1n) is 4.20. The predicted octanol–water partition coefficient (Wildman–Crippen LogP) is 3.08. The van der Waals surface area contributed by atoms with E-state index in [9.17, 15) is 0 Å². The number of terminal acetylenes is 1. The van der Waals surface area contributed by atoms with E-state index in [0.717, 1.165) is 10.9 Å². The largest absolute Gasteiger partial charge is 0.309 e. The highest BCUT2D eigenvalue weighted by Crippen LogP contribution is 2.28. The molecule has 70 valence electrons. The molecule has 13 heavy (non-hydrogen) atoms. The third-order valence-electron chi connectivity index (χ3n) is 1.71. The monoisotopic (exact) mass is 213 g/mol. The summed E-state index contributed by atoms with van der Waals surface area (Å²) >= 11 is 7.43. The molecule has 1 atom stereocenters. The molecule has 1 aromatic heterocycles. The van der Waals surface area contributed by atoms with E-state index < -0.39 is 0 Å². The van der Waals surface area contributed by atoms with Gasteiger partial charge in [-0.3, -0.25) is 0 Å². The van der Waals surface area contributed by atoms with E-state index in [2.05, 4.69) is 18.2 Å². The standard InChI is InChI=1S/C10H12ClNS/c1-3-5-8(12-4-2)9-6-7-10(11)13-9/h1,6-8,12H,4-5H2,2H3. The summed E-state index contributed by atoms with van der Waals surface area (Å²) in [5.74, 6) is 2.66. The molecule has 0 amide bonds. The lowest BCUT2D eigenvalue weighted by Crippen LogP contribution is -2.19. The normalized spacial score (nSPS) is 12.4. The Morgan fingerprint density at radius 3 is 2.92 bits per heavy atom. The van der Waals surface area contributed by atoms with Gasteiger partial charge in [0.25, 0.3) is 0 Å². The number of halogens is 1. The van der Waals surface area contributed by atoms with Crippen LogP contribution in [0.3, 0.4) is 0 Å². The van der Waals surface area contributed by atoms with Crippen LogP contribution in [-0.4, -0.2) is 6.54 Å². The van der Waals surface area contributed by atoms with Crippen molar-refractivity contribution in [3.05, 3.63) is 21.3 Å². The zero-order chi connectivity index (χ0) is 9.68. The van der Waals surface area contributed by atoms with E-state index in [1.54, 1.807) is 11.3 Å². The molecule has 0 aliphatic heterocycles. The van der Waals surface area contributed by atoms with E-state index in [-0.39, 0.29) is 6.04 Å². The third-order valence-corrected chi connectivity index (χ3v) is 3.05. The van der Waals surface area contributed by atoms with Crippen LogP contribution in [0, 0.1) is 12.3 Å². The molecule has 1 N–H and O–H groups in total. The smallest absolute Gasteiger partial charge is 0.0931 e. The molecule has 1 nitrogen and oxygen atoms in total. The summed E-state index contributed by atoms with van der Waals surface area (Å²) in [4.78, 5) is 1.21. The third kappa shape index (κ3) is 3.04. The van der Waals surface area contributed by atoms with Crippen LogP contribution in [-0.2, 0) is 0 Å². The van der Waals surface area contributed by atoms with Gasteiger partial charge in [-0.15, -0.1) is 23.7 Å². The molecule has 1 unspecified atom stereocenters. The minimum Gasteiger partial charge on any atom is -0.309 e. The van der Waals surface area contributed by atoms with Gasteiger partial charge < -0.3 is 5.32 Å². The van der Waals surface area contributed by atoms with E-state index in [4.69, 9.17) is 18.0 Å². The molecular formula is C10H12ClNS. The predicted molar refractivity (Wildman–Crippen MR) is 59.2 cm³/mol. The van der Waals surface area contributed by atoms with Crippen LogP contribution < -0.4 is 5.32 Å². The zero-order valence-corrected chi connectivity index (χ0v) is 9.08. The first-order chi connectivity index (χ1) is 6.27. The first-order valence-corrected chi connectivity index (χ1v) is 5.39. The maximum Gasteiger partial charge on any atom is 0.0931 e. The maximum atomic E-state index is 5.84. The van der Waals surface area contributed by atoms with Gasteiger partial charge in [-0.05, 0) is 18.7 Å². The first kappa shape index (κ1) is 10.6. The van der Waals surface area contributed by atoms with E-state index in [1.165, 1.54) is 4.88 Å². The van der Waals surface area contributed by atoms with Crippen molar-refractivity contribution in [1.29, 1.82) is 0 Å². The second kappa shape index (κ2) is 5.29. The molecule has 1 heterocycles. The second-order valence-corrected chi connectivity index (χ2v) is 4.41. The fraction of sp³-hybridized carbons (Fsp3) is 0.400. The fourth-order valence-electron chi connectivity index (χ4n) is 1.15. The van der Waals surface area contributed by atoms with Crippen LogP contribution in [0.15, 0.2) is 12.1 Å². The Hall–Kier alpha value is -0.490. The van der Waals surface area contributed by atoms with Crippen molar-refractivity contribution in [2.75, 3.05) is 6.54 Å². The second-order valence-electron chi connectivity index (χ2n) is 2.66. The van der Waals surface area contributed by atoms with Crippen molar-refractivity contribution in [2.24, 2.45) is 0 Å². The van der Waals surface area contributed by atoms with Crippen LogP contribution in [0.4, 0.5) is 0 Å². The van der Waals surface area contributed by atoms with Gasteiger partial charge >= 0.3 is 0 Å². The number of nitrogens with one attached hydrogen (secondary N) is 1. The van der Waals surface area contributed by atoms with E-state index >= 15 is 0 Å². The van der Waals surface area contributed by atoms with Gasteiger partial charge in [0.2, 0.25) is 0 Å². The van der Waals surface area contributed by atoms with Gasteiger partial charge in [-0.25, -0.2) is 0 Å². The summed E-state index contributed by atoms with van der Waals surface area (Å²) < 4.78 is 0.815. The maximum absolute atomic E-state index is 5.84. The minimum absolute atomic E-state index is 0.257.